The van der Waals surface area contributed by atoms with Gasteiger partial charge >= 0.3 is 40.5 Å². The van der Waals surface area contributed by atoms with E-state index in [9.17, 15) is 47.9 Å². The van der Waals surface area contributed by atoms with Crippen LogP contribution in [-0.2, 0) is 30.3 Å². The topological polar surface area (TPSA) is 158 Å². The average molecular weight is 1860 g/mol. The first-order valence-electron chi connectivity index (χ1n) is 44.2. The van der Waals surface area contributed by atoms with Crippen molar-refractivity contribution in [3.63, 3.8) is 0 Å². The predicted molar refractivity (Wildman–Crippen MR) is 518 cm³/mol. The van der Waals surface area contributed by atoms with E-state index in [-0.39, 0.29) is 0 Å². The van der Waals surface area contributed by atoms with Crippen LogP contribution in [0.4, 0.5) is 39.5 Å². The Balaban J connectivity index is 0.000000136. The standard InChI is InChI=1S/C52H35N3O.C31H29BO3.C31H18F9N3O3S/c1-4-16-39(17-5-1)49-53-50(40-18-6-2-7-19-40)55-51(54-49)41-34-30-37(31-35-41)36-28-32-38(33-29-36)43-22-10-11-23-44(43)52(42-20-8-3-9-21-42)45-24-12-14-26-47(45)56-48-27-15-13-25-46(48)52;1-29(2)30(3,4)35-32(34-29)26-19-11-8-16-23(26)31(22-14-6-5-7-15-22)24-17-9-12-20-27(24)33-28-21-13-10-18-25(28)31;32-28(33,30(36,37)38)29(34,35)31(39,40)47(44,45)46-24-17-15-20(16-18-24)19-11-13-23(14-12-19)27-42-25(21-7-3-1-4-8-21)41-26(43-27)22-9-5-2-6-10-22/h1-35H;5-21H,1-4H3;1-18H. The molecule has 5 heterocycles. The van der Waals surface area contributed by atoms with Gasteiger partial charge in [0.25, 0.3) is 0 Å². The van der Waals surface area contributed by atoms with Crippen LogP contribution in [0.3, 0.4) is 0 Å². The van der Waals surface area contributed by atoms with Gasteiger partial charge in [-0.15, -0.1) is 0 Å². The number of nitrogens with zero attached hydrogens (tertiary/aromatic N) is 6. The fourth-order valence-electron chi connectivity index (χ4n) is 17.7. The number of hydrogen-bond donors (Lipinski definition) is 0. The number of benzene rings is 16. The monoisotopic (exact) mass is 1860 g/mol. The zero-order valence-corrected chi connectivity index (χ0v) is 75.2. The van der Waals surface area contributed by atoms with Crippen molar-refractivity contribution in [2.75, 3.05) is 0 Å². The van der Waals surface area contributed by atoms with Crippen LogP contribution in [0, 0.1) is 0 Å². The Bertz CT molecular complexity index is 7360. The van der Waals surface area contributed by atoms with E-state index in [1.165, 1.54) is 22.3 Å². The lowest BCUT2D eigenvalue weighted by molar-refractivity contribution is -0.382. The summed E-state index contributed by atoms with van der Waals surface area (Å²) in [6.45, 7) is 8.40. The summed E-state index contributed by atoms with van der Waals surface area (Å²) in [5, 5.41) is -6.97. The molecule has 0 amide bonds. The third kappa shape index (κ3) is 16.9. The fraction of sp³-hybridized carbons (Fsp3) is 0.105. The van der Waals surface area contributed by atoms with Crippen molar-refractivity contribution < 1.29 is 70.9 Å². The normalized spacial score (nSPS) is 14.3. The van der Waals surface area contributed by atoms with Gasteiger partial charge in [0.05, 0.1) is 22.0 Å². The lowest BCUT2D eigenvalue weighted by Crippen LogP contribution is -2.63. The second-order valence-corrected chi connectivity index (χ2v) is 35.8. The first kappa shape index (κ1) is 91.4. The molecular formula is C114H82BF9N6O7S. The van der Waals surface area contributed by atoms with Gasteiger partial charge in [-0.05, 0) is 125 Å². The summed E-state index contributed by atoms with van der Waals surface area (Å²) in [5.41, 5.74) is 18.3. The molecule has 0 bridgehead atoms. The largest absolute Gasteiger partial charge is 0.495 e. The number of fused-ring (bicyclic) bond motifs is 4. The summed E-state index contributed by atoms with van der Waals surface area (Å²) in [4.78, 5) is 28.5. The zero-order valence-electron chi connectivity index (χ0n) is 74.3. The van der Waals surface area contributed by atoms with Gasteiger partial charge in [0.15, 0.2) is 34.9 Å². The molecule has 3 aliphatic heterocycles. The van der Waals surface area contributed by atoms with Gasteiger partial charge in [0, 0.05) is 55.6 Å². The Morgan fingerprint density at radius 2 is 0.507 bits per heavy atom. The maximum absolute atomic E-state index is 14.0. The maximum Gasteiger partial charge on any atom is 0.495 e. The maximum atomic E-state index is 14.0. The van der Waals surface area contributed by atoms with Crippen LogP contribution in [0.2, 0.25) is 0 Å². The van der Waals surface area contributed by atoms with Crippen LogP contribution in [0.5, 0.6) is 28.7 Å². The van der Waals surface area contributed by atoms with E-state index in [2.05, 4.69) is 277 Å². The van der Waals surface area contributed by atoms with Crippen molar-refractivity contribution in [3.8, 4) is 130 Å². The molecule has 0 spiro atoms. The fourth-order valence-corrected chi connectivity index (χ4v) is 18.6. The summed E-state index contributed by atoms with van der Waals surface area (Å²) < 4.78 is 172. The molecule has 0 unspecified atom stereocenters. The molecule has 0 atom stereocenters. The summed E-state index contributed by atoms with van der Waals surface area (Å²) in [6.07, 6.45) is -7.19. The SMILES string of the molecule is CC1(C)OB(c2ccccc2C2(c3ccccc3)c3ccccc3Oc3ccccc32)OC1(C)C.O=S(=O)(Oc1ccc(-c2ccc(-c3nc(-c4ccccc4)nc(-c4ccccc4)n3)cc2)cc1)C(F)(F)C(F)(F)C(F)(F)C(F)(F)F.c1ccc(-c2nc(-c3ccccc3)nc(-c3ccc(-c4ccc(-c5ccccc5C5(c6ccccc6)c6ccccc6Oc6ccccc65)cc4)cc3)n2)cc1. The van der Waals surface area contributed by atoms with Gasteiger partial charge in [-0.1, -0.05) is 388 Å². The third-order valence-electron chi connectivity index (χ3n) is 25.3. The Morgan fingerprint density at radius 1 is 0.261 bits per heavy atom. The number of alkyl halides is 9. The highest BCUT2D eigenvalue weighted by atomic mass is 32.2. The number of hydrogen-bond acceptors (Lipinski definition) is 13. The van der Waals surface area contributed by atoms with E-state index < -0.39 is 68.3 Å². The van der Waals surface area contributed by atoms with Crippen molar-refractivity contribution in [1.82, 2.24) is 29.9 Å². The van der Waals surface area contributed by atoms with Crippen molar-refractivity contribution in [1.29, 1.82) is 0 Å². The minimum absolute atomic E-state index is 0.326. The third-order valence-corrected chi connectivity index (χ3v) is 26.6. The number of ether oxygens (including phenoxy) is 2. The molecule has 13 nitrogen and oxygen atoms in total. The van der Waals surface area contributed by atoms with E-state index in [4.69, 9.17) is 33.7 Å². The number of para-hydroxylation sites is 4. The minimum Gasteiger partial charge on any atom is -0.457 e. The van der Waals surface area contributed by atoms with Crippen molar-refractivity contribution in [3.05, 3.63) is 469 Å². The lowest BCUT2D eigenvalue weighted by atomic mass is 9.59. The molecule has 0 radical (unpaired) electrons. The molecule has 3 aliphatic rings. The number of halogens is 9. The molecular weight excluding hydrogens is 1780 g/mol. The van der Waals surface area contributed by atoms with Crippen LogP contribution >= 0.6 is 0 Å². The molecule has 682 valence electrons. The highest BCUT2D eigenvalue weighted by Gasteiger charge is 2.86. The Kier molecular flexibility index (Phi) is 24.4. The Hall–Kier alpha value is -15.8. The number of rotatable bonds is 19. The van der Waals surface area contributed by atoms with E-state index >= 15 is 0 Å². The van der Waals surface area contributed by atoms with Gasteiger partial charge in [-0.3, -0.25) is 0 Å². The molecule has 0 N–H and O–H groups in total. The van der Waals surface area contributed by atoms with Crippen LogP contribution < -0.4 is 19.1 Å². The van der Waals surface area contributed by atoms with E-state index in [0.29, 0.717) is 51.6 Å². The van der Waals surface area contributed by atoms with Gasteiger partial charge < -0.3 is 23.0 Å². The Labute approximate surface area is 791 Å². The highest BCUT2D eigenvalue weighted by Crippen LogP contribution is 2.60. The van der Waals surface area contributed by atoms with Crippen LogP contribution in [0.15, 0.2) is 425 Å². The van der Waals surface area contributed by atoms with Gasteiger partial charge in [0.1, 0.15) is 28.7 Å². The minimum atomic E-state index is -7.40. The van der Waals surface area contributed by atoms with Crippen LogP contribution in [0.25, 0.3) is 102 Å². The molecule has 18 aromatic rings. The zero-order chi connectivity index (χ0) is 95.8. The molecule has 0 saturated carbocycles. The molecule has 1 fully saturated rings. The van der Waals surface area contributed by atoms with E-state index in [1.54, 1.807) is 24.3 Å². The molecule has 21 rings (SSSR count). The molecule has 0 aliphatic carbocycles. The summed E-state index contributed by atoms with van der Waals surface area (Å²) >= 11 is 0. The first-order chi connectivity index (χ1) is 66.5. The van der Waals surface area contributed by atoms with Crippen LogP contribution in [-0.4, -0.2) is 79.9 Å². The van der Waals surface area contributed by atoms with Crippen molar-refractivity contribution in [2.24, 2.45) is 0 Å². The summed E-state index contributed by atoms with van der Waals surface area (Å²) in [5.74, 6) is -9.31. The smallest absolute Gasteiger partial charge is 0.457 e. The number of aromatic nitrogens is 6. The van der Waals surface area contributed by atoms with Gasteiger partial charge in [0.2, 0.25) is 0 Å². The van der Waals surface area contributed by atoms with Gasteiger partial charge in [-0.2, -0.15) is 47.9 Å². The molecule has 1 saturated heterocycles. The highest BCUT2D eigenvalue weighted by molar-refractivity contribution is 7.88. The first-order valence-corrected chi connectivity index (χ1v) is 45.6. The molecule has 138 heavy (non-hydrogen) atoms. The Morgan fingerprint density at radius 3 is 0.833 bits per heavy atom. The lowest BCUT2D eigenvalue weighted by Gasteiger charge is -2.42. The second-order valence-electron chi connectivity index (χ2n) is 34.2. The van der Waals surface area contributed by atoms with Crippen molar-refractivity contribution in [2.45, 2.75) is 73.0 Å². The van der Waals surface area contributed by atoms with E-state index in [1.807, 2.05) is 146 Å². The van der Waals surface area contributed by atoms with Crippen LogP contribution in [0.1, 0.15) is 72.2 Å². The second kappa shape index (κ2) is 36.8. The molecule has 24 heteroatoms. The molecule has 2 aromatic heterocycles. The average Bonchev–Trinajstić information content (AvgIpc) is 1.09. The quantitative estimate of drug-likeness (QED) is 0.0428. The predicted octanol–water partition coefficient (Wildman–Crippen LogP) is 27.8. The van der Waals surface area contributed by atoms with Crippen molar-refractivity contribution >= 4 is 22.7 Å². The van der Waals surface area contributed by atoms with E-state index in [0.717, 1.165) is 125 Å². The summed E-state index contributed by atoms with van der Waals surface area (Å²) in [6, 6.07) is 139. The molecule has 16 aromatic carbocycles. The summed E-state index contributed by atoms with van der Waals surface area (Å²) in [7, 11) is -7.54. The van der Waals surface area contributed by atoms with Gasteiger partial charge in [-0.25, -0.2) is 29.9 Å².